The van der Waals surface area contributed by atoms with Gasteiger partial charge in [-0.15, -0.1) is 0 Å². The minimum Gasteiger partial charge on any atom is -0.493 e. The lowest BCUT2D eigenvalue weighted by Gasteiger charge is -2.29. The van der Waals surface area contributed by atoms with Crippen molar-refractivity contribution in [3.05, 3.63) is 47.0 Å². The van der Waals surface area contributed by atoms with E-state index in [0.717, 1.165) is 17.5 Å². The number of methoxy groups -OCH3 is 4. The molecule has 0 saturated heterocycles. The molecule has 1 aliphatic rings. The predicted octanol–water partition coefficient (Wildman–Crippen LogP) is 3.13. The predicted molar refractivity (Wildman–Crippen MR) is 129 cm³/mol. The molecule has 3 rings (SSSR count). The third-order valence-corrected chi connectivity index (χ3v) is 6.05. The summed E-state index contributed by atoms with van der Waals surface area (Å²) < 4.78 is 21.3. The quantitative estimate of drug-likeness (QED) is 0.543. The standard InChI is InChI=1S/C26H34N2O6/c1-31-21-9-8-18(14-22(21)32-2)10-12-27-25(29)6-5-7-26(30)28-13-11-19-15-23(33-3)24(34-4)16-20(19)17-28/h8-9,14-16H,5-7,10-13,17H2,1-4H3,(H,27,29). The van der Waals surface area contributed by atoms with Crippen LogP contribution in [0, 0.1) is 0 Å². The van der Waals surface area contributed by atoms with E-state index in [2.05, 4.69) is 5.32 Å². The van der Waals surface area contributed by atoms with Crippen LogP contribution >= 0.6 is 0 Å². The molecule has 0 bridgehead atoms. The van der Waals surface area contributed by atoms with Crippen molar-refractivity contribution in [2.24, 2.45) is 0 Å². The summed E-state index contributed by atoms with van der Waals surface area (Å²) in [5.41, 5.74) is 3.30. The Labute approximate surface area is 201 Å². The van der Waals surface area contributed by atoms with E-state index in [1.165, 1.54) is 5.56 Å². The molecule has 2 amide bonds. The fourth-order valence-electron chi connectivity index (χ4n) is 4.13. The van der Waals surface area contributed by atoms with Crippen LogP contribution in [0.15, 0.2) is 30.3 Å². The van der Waals surface area contributed by atoms with Gasteiger partial charge in [-0.3, -0.25) is 9.59 Å². The summed E-state index contributed by atoms with van der Waals surface area (Å²) in [7, 11) is 6.42. The van der Waals surface area contributed by atoms with Crippen molar-refractivity contribution in [2.45, 2.75) is 38.6 Å². The number of ether oxygens (including phenoxy) is 4. The molecule has 0 radical (unpaired) electrons. The Morgan fingerprint density at radius 2 is 1.50 bits per heavy atom. The number of hydrogen-bond donors (Lipinski definition) is 1. The van der Waals surface area contributed by atoms with Crippen LogP contribution in [0.25, 0.3) is 0 Å². The van der Waals surface area contributed by atoms with Crippen molar-refractivity contribution in [3.8, 4) is 23.0 Å². The number of carbonyl (C=O) groups excluding carboxylic acids is 2. The second-order valence-corrected chi connectivity index (χ2v) is 8.18. The molecular formula is C26H34N2O6. The Morgan fingerprint density at radius 1 is 0.853 bits per heavy atom. The maximum atomic E-state index is 12.7. The van der Waals surface area contributed by atoms with Gasteiger partial charge in [0.1, 0.15) is 0 Å². The highest BCUT2D eigenvalue weighted by Crippen LogP contribution is 2.33. The van der Waals surface area contributed by atoms with Gasteiger partial charge in [0.05, 0.1) is 28.4 Å². The maximum Gasteiger partial charge on any atom is 0.222 e. The Hall–Kier alpha value is -3.42. The van der Waals surface area contributed by atoms with Gasteiger partial charge in [0.2, 0.25) is 11.8 Å². The summed E-state index contributed by atoms with van der Waals surface area (Å²) in [6.45, 7) is 1.74. The van der Waals surface area contributed by atoms with Crippen molar-refractivity contribution in [2.75, 3.05) is 41.5 Å². The fourth-order valence-corrected chi connectivity index (χ4v) is 4.13. The molecule has 0 atom stereocenters. The van der Waals surface area contributed by atoms with Crippen molar-refractivity contribution >= 4 is 11.8 Å². The number of hydrogen-bond acceptors (Lipinski definition) is 6. The van der Waals surface area contributed by atoms with E-state index < -0.39 is 0 Å². The van der Waals surface area contributed by atoms with Gasteiger partial charge < -0.3 is 29.2 Å². The number of fused-ring (bicyclic) bond motifs is 1. The van der Waals surface area contributed by atoms with Gasteiger partial charge >= 0.3 is 0 Å². The first-order chi connectivity index (χ1) is 16.5. The summed E-state index contributed by atoms with van der Waals surface area (Å²) in [5, 5.41) is 2.93. The maximum absolute atomic E-state index is 12.7. The highest BCUT2D eigenvalue weighted by atomic mass is 16.5. The zero-order valence-corrected chi connectivity index (χ0v) is 20.4. The molecule has 0 aromatic heterocycles. The van der Waals surface area contributed by atoms with Gasteiger partial charge in [0.15, 0.2) is 23.0 Å². The third-order valence-electron chi connectivity index (χ3n) is 6.05. The van der Waals surface area contributed by atoms with Gasteiger partial charge in [0.25, 0.3) is 0 Å². The Bertz CT molecular complexity index is 1010. The lowest BCUT2D eigenvalue weighted by atomic mass is 9.98. The van der Waals surface area contributed by atoms with Crippen LogP contribution < -0.4 is 24.3 Å². The zero-order chi connectivity index (χ0) is 24.5. The van der Waals surface area contributed by atoms with Crippen LogP contribution in [0.4, 0.5) is 0 Å². The van der Waals surface area contributed by atoms with Gasteiger partial charge in [0, 0.05) is 32.5 Å². The smallest absolute Gasteiger partial charge is 0.222 e. The van der Waals surface area contributed by atoms with E-state index in [0.29, 0.717) is 68.3 Å². The van der Waals surface area contributed by atoms with Crippen molar-refractivity contribution in [3.63, 3.8) is 0 Å². The van der Waals surface area contributed by atoms with Gasteiger partial charge in [-0.1, -0.05) is 6.07 Å². The molecule has 8 nitrogen and oxygen atoms in total. The largest absolute Gasteiger partial charge is 0.493 e. The first-order valence-electron chi connectivity index (χ1n) is 11.5. The number of rotatable bonds is 11. The number of nitrogens with one attached hydrogen (secondary N) is 1. The van der Waals surface area contributed by atoms with E-state index in [4.69, 9.17) is 18.9 Å². The van der Waals surface area contributed by atoms with E-state index in [1.807, 2.05) is 35.2 Å². The van der Waals surface area contributed by atoms with Crippen LogP contribution in [-0.2, 0) is 29.0 Å². The SMILES string of the molecule is COc1ccc(CCNC(=O)CCCC(=O)N2CCc3cc(OC)c(OC)cc3C2)cc1OC. The highest BCUT2D eigenvalue weighted by Gasteiger charge is 2.22. The average Bonchev–Trinajstić information content (AvgIpc) is 2.87. The Balaban J connectivity index is 1.40. The van der Waals surface area contributed by atoms with E-state index in [1.54, 1.807) is 28.4 Å². The molecule has 2 aromatic rings. The van der Waals surface area contributed by atoms with E-state index >= 15 is 0 Å². The zero-order valence-electron chi connectivity index (χ0n) is 20.4. The molecule has 1 aliphatic heterocycles. The van der Waals surface area contributed by atoms with Crippen molar-refractivity contribution in [1.82, 2.24) is 10.2 Å². The third kappa shape index (κ3) is 6.34. The molecule has 0 saturated carbocycles. The van der Waals surface area contributed by atoms with Crippen LogP contribution in [0.1, 0.15) is 36.0 Å². The fraction of sp³-hybridized carbons (Fsp3) is 0.462. The topological polar surface area (TPSA) is 86.3 Å². The number of amides is 2. The van der Waals surface area contributed by atoms with Crippen LogP contribution in [0.5, 0.6) is 23.0 Å². The lowest BCUT2D eigenvalue weighted by Crippen LogP contribution is -2.36. The monoisotopic (exact) mass is 470 g/mol. The molecule has 1 heterocycles. The molecule has 0 fully saturated rings. The van der Waals surface area contributed by atoms with Crippen LogP contribution in [-0.4, -0.2) is 58.2 Å². The van der Waals surface area contributed by atoms with Gasteiger partial charge in [-0.2, -0.15) is 0 Å². The number of nitrogens with zero attached hydrogens (tertiary/aromatic N) is 1. The summed E-state index contributed by atoms with van der Waals surface area (Å²) in [6.07, 6.45) is 2.67. The van der Waals surface area contributed by atoms with E-state index in [-0.39, 0.29) is 11.8 Å². The highest BCUT2D eigenvalue weighted by molar-refractivity contribution is 5.79. The summed E-state index contributed by atoms with van der Waals surface area (Å²) >= 11 is 0. The normalized spacial score (nSPS) is 12.5. The van der Waals surface area contributed by atoms with Crippen molar-refractivity contribution in [1.29, 1.82) is 0 Å². The molecule has 0 spiro atoms. The summed E-state index contributed by atoms with van der Waals surface area (Å²) in [6, 6.07) is 9.65. The molecule has 1 N–H and O–H groups in total. The molecule has 8 heteroatoms. The second kappa shape index (κ2) is 12.2. The van der Waals surface area contributed by atoms with Crippen LogP contribution in [0.2, 0.25) is 0 Å². The van der Waals surface area contributed by atoms with Crippen molar-refractivity contribution < 1.29 is 28.5 Å². The first-order valence-corrected chi connectivity index (χ1v) is 11.5. The molecule has 34 heavy (non-hydrogen) atoms. The molecule has 0 aliphatic carbocycles. The number of benzene rings is 2. The Morgan fingerprint density at radius 3 is 2.18 bits per heavy atom. The Kier molecular flexibility index (Phi) is 9.01. The average molecular weight is 471 g/mol. The summed E-state index contributed by atoms with van der Waals surface area (Å²) in [5.74, 6) is 2.74. The lowest BCUT2D eigenvalue weighted by molar-refractivity contribution is -0.132. The second-order valence-electron chi connectivity index (χ2n) is 8.18. The molecule has 2 aromatic carbocycles. The minimum atomic E-state index is -0.0471. The summed E-state index contributed by atoms with van der Waals surface area (Å²) in [4.78, 5) is 26.7. The number of carbonyl (C=O) groups is 2. The molecule has 0 unspecified atom stereocenters. The van der Waals surface area contributed by atoms with E-state index in [9.17, 15) is 9.59 Å². The van der Waals surface area contributed by atoms with Gasteiger partial charge in [-0.25, -0.2) is 0 Å². The van der Waals surface area contributed by atoms with Crippen LogP contribution in [0.3, 0.4) is 0 Å². The first kappa shape index (κ1) is 25.2. The molecular weight excluding hydrogens is 436 g/mol. The minimum absolute atomic E-state index is 0.0471. The van der Waals surface area contributed by atoms with Gasteiger partial charge in [-0.05, 0) is 60.2 Å². The molecule has 184 valence electrons.